The van der Waals surface area contributed by atoms with Crippen LogP contribution in [0.15, 0.2) is 5.16 Å². The normalized spacial score (nSPS) is 18.3. The molecule has 0 aromatic heterocycles. The molecular weight excluding hydrogens is 246 g/mol. The van der Waals surface area contributed by atoms with Gasteiger partial charge in [-0.25, -0.2) is 0 Å². The molecule has 2 amide bonds. The summed E-state index contributed by atoms with van der Waals surface area (Å²) >= 11 is 0. The van der Waals surface area contributed by atoms with Gasteiger partial charge in [0.25, 0.3) is 5.91 Å². The number of hydrogen-bond donors (Lipinski definition) is 2. The standard InChI is InChI=1S/C13H23N3O3/c1-9(2)11(14-12(17)10(3)15-19)13(18)16-7-5-4-6-8-16/h9,11,19H,4-8H2,1-3H3,(H,14,17)/b15-10+/t11-/m0/s1. The second kappa shape index (κ2) is 7.11. The molecule has 0 spiro atoms. The molecule has 0 unspecified atom stereocenters. The minimum atomic E-state index is -0.567. The highest BCUT2D eigenvalue weighted by atomic mass is 16.4. The number of carbonyl (C=O) groups is 2. The number of piperidine rings is 1. The van der Waals surface area contributed by atoms with Crippen molar-refractivity contribution in [1.29, 1.82) is 0 Å². The predicted molar refractivity (Wildman–Crippen MR) is 72.1 cm³/mol. The molecule has 0 radical (unpaired) electrons. The Balaban J connectivity index is 2.71. The zero-order chi connectivity index (χ0) is 14.4. The molecule has 0 aromatic rings. The first-order valence-electron chi connectivity index (χ1n) is 6.75. The van der Waals surface area contributed by atoms with Gasteiger partial charge in [-0.05, 0) is 32.1 Å². The smallest absolute Gasteiger partial charge is 0.269 e. The largest absolute Gasteiger partial charge is 0.410 e. The van der Waals surface area contributed by atoms with Gasteiger partial charge >= 0.3 is 0 Å². The third kappa shape index (κ3) is 4.22. The number of amides is 2. The first kappa shape index (κ1) is 15.5. The molecular formula is C13H23N3O3. The summed E-state index contributed by atoms with van der Waals surface area (Å²) in [6, 6.07) is -0.567. The van der Waals surface area contributed by atoms with Crippen molar-refractivity contribution < 1.29 is 14.8 Å². The van der Waals surface area contributed by atoms with Crippen LogP contribution in [0.3, 0.4) is 0 Å². The lowest BCUT2D eigenvalue weighted by Crippen LogP contribution is -2.53. The van der Waals surface area contributed by atoms with Crippen molar-refractivity contribution in [2.24, 2.45) is 11.1 Å². The molecule has 1 heterocycles. The number of nitrogens with zero attached hydrogens (tertiary/aromatic N) is 2. The molecule has 1 aliphatic heterocycles. The maximum Gasteiger partial charge on any atom is 0.269 e. The summed E-state index contributed by atoms with van der Waals surface area (Å²) in [7, 11) is 0. The van der Waals surface area contributed by atoms with Gasteiger partial charge in [-0.3, -0.25) is 9.59 Å². The Kier molecular flexibility index (Phi) is 5.79. The Morgan fingerprint density at radius 1 is 1.21 bits per heavy atom. The van der Waals surface area contributed by atoms with Crippen LogP contribution < -0.4 is 5.32 Å². The first-order chi connectivity index (χ1) is 8.97. The van der Waals surface area contributed by atoms with Crippen LogP contribution in [-0.4, -0.2) is 46.8 Å². The van der Waals surface area contributed by atoms with E-state index in [0.717, 1.165) is 32.4 Å². The van der Waals surface area contributed by atoms with Crippen molar-refractivity contribution >= 4 is 17.5 Å². The van der Waals surface area contributed by atoms with Crippen molar-refractivity contribution in [3.8, 4) is 0 Å². The van der Waals surface area contributed by atoms with Crippen molar-refractivity contribution in [1.82, 2.24) is 10.2 Å². The van der Waals surface area contributed by atoms with Gasteiger partial charge in [-0.15, -0.1) is 0 Å². The highest BCUT2D eigenvalue weighted by Crippen LogP contribution is 2.13. The fourth-order valence-electron chi connectivity index (χ4n) is 2.12. The number of carbonyl (C=O) groups excluding carboxylic acids is 2. The van der Waals surface area contributed by atoms with E-state index in [1.807, 2.05) is 13.8 Å². The molecule has 1 saturated heterocycles. The van der Waals surface area contributed by atoms with Crippen LogP contribution in [0.4, 0.5) is 0 Å². The monoisotopic (exact) mass is 269 g/mol. The van der Waals surface area contributed by atoms with E-state index in [9.17, 15) is 9.59 Å². The van der Waals surface area contributed by atoms with E-state index < -0.39 is 11.9 Å². The van der Waals surface area contributed by atoms with Gasteiger partial charge in [0.05, 0.1) is 0 Å². The zero-order valence-electron chi connectivity index (χ0n) is 11.8. The molecule has 1 aliphatic rings. The van der Waals surface area contributed by atoms with E-state index in [1.165, 1.54) is 6.92 Å². The molecule has 0 bridgehead atoms. The fourth-order valence-corrected chi connectivity index (χ4v) is 2.12. The molecule has 2 N–H and O–H groups in total. The van der Waals surface area contributed by atoms with Gasteiger partial charge in [0.1, 0.15) is 11.8 Å². The number of oxime groups is 1. The van der Waals surface area contributed by atoms with Crippen molar-refractivity contribution in [2.45, 2.75) is 46.1 Å². The van der Waals surface area contributed by atoms with Gasteiger partial charge in [-0.2, -0.15) is 0 Å². The molecule has 0 aromatic carbocycles. The molecule has 19 heavy (non-hydrogen) atoms. The molecule has 6 nitrogen and oxygen atoms in total. The molecule has 0 saturated carbocycles. The van der Waals surface area contributed by atoms with E-state index in [1.54, 1.807) is 4.90 Å². The second-order valence-corrected chi connectivity index (χ2v) is 5.27. The SMILES string of the molecule is C/C(=N\O)C(=O)N[C@H](C(=O)N1CCCCC1)C(C)C. The first-order valence-corrected chi connectivity index (χ1v) is 6.75. The number of likely N-dealkylation sites (tertiary alicyclic amines) is 1. The second-order valence-electron chi connectivity index (χ2n) is 5.27. The Hall–Kier alpha value is -1.59. The lowest BCUT2D eigenvalue weighted by molar-refractivity contribution is -0.137. The summed E-state index contributed by atoms with van der Waals surface area (Å²) in [6.07, 6.45) is 3.18. The van der Waals surface area contributed by atoms with Crippen molar-refractivity contribution in [2.75, 3.05) is 13.1 Å². The Labute approximate surface area is 113 Å². The van der Waals surface area contributed by atoms with E-state index in [2.05, 4.69) is 10.5 Å². The van der Waals surface area contributed by atoms with E-state index >= 15 is 0 Å². The van der Waals surface area contributed by atoms with Gasteiger partial charge in [0, 0.05) is 13.1 Å². The van der Waals surface area contributed by atoms with Crippen molar-refractivity contribution in [3.05, 3.63) is 0 Å². The molecule has 6 heteroatoms. The quantitative estimate of drug-likeness (QED) is 0.453. The third-order valence-corrected chi connectivity index (χ3v) is 3.37. The number of nitrogens with one attached hydrogen (secondary N) is 1. The van der Waals surface area contributed by atoms with E-state index in [0.29, 0.717) is 0 Å². The van der Waals surface area contributed by atoms with Crippen LogP contribution in [-0.2, 0) is 9.59 Å². The Morgan fingerprint density at radius 2 is 1.79 bits per heavy atom. The summed E-state index contributed by atoms with van der Waals surface area (Å²) in [5.74, 6) is -0.565. The van der Waals surface area contributed by atoms with Gasteiger partial charge in [-0.1, -0.05) is 19.0 Å². The van der Waals surface area contributed by atoms with Gasteiger partial charge in [0.15, 0.2) is 0 Å². The minimum absolute atomic E-state index is 0.00938. The third-order valence-electron chi connectivity index (χ3n) is 3.37. The van der Waals surface area contributed by atoms with E-state index in [4.69, 9.17) is 5.21 Å². The minimum Gasteiger partial charge on any atom is -0.410 e. The van der Waals surface area contributed by atoms with Crippen molar-refractivity contribution in [3.63, 3.8) is 0 Å². The predicted octanol–water partition coefficient (Wildman–Crippen LogP) is 0.990. The Bertz CT molecular complexity index is 360. The number of hydrogen-bond acceptors (Lipinski definition) is 4. The molecule has 1 rings (SSSR count). The van der Waals surface area contributed by atoms with Crippen LogP contribution in [0.1, 0.15) is 40.0 Å². The lowest BCUT2D eigenvalue weighted by atomic mass is 10.0. The summed E-state index contributed by atoms with van der Waals surface area (Å²) < 4.78 is 0. The lowest BCUT2D eigenvalue weighted by Gasteiger charge is -2.32. The van der Waals surface area contributed by atoms with Crippen LogP contribution in [0.5, 0.6) is 0 Å². The molecule has 0 aliphatic carbocycles. The summed E-state index contributed by atoms with van der Waals surface area (Å²) in [6.45, 7) is 6.69. The van der Waals surface area contributed by atoms with Crippen LogP contribution >= 0.6 is 0 Å². The Morgan fingerprint density at radius 3 is 2.26 bits per heavy atom. The fraction of sp³-hybridized carbons (Fsp3) is 0.769. The molecule has 1 atom stereocenters. The summed E-state index contributed by atoms with van der Waals surface area (Å²) in [5.41, 5.74) is -0.0444. The summed E-state index contributed by atoms with van der Waals surface area (Å²) in [4.78, 5) is 25.9. The number of rotatable bonds is 4. The van der Waals surface area contributed by atoms with Gasteiger partial charge < -0.3 is 15.4 Å². The van der Waals surface area contributed by atoms with Crippen LogP contribution in [0.2, 0.25) is 0 Å². The maximum absolute atomic E-state index is 12.4. The molecule has 108 valence electrons. The zero-order valence-corrected chi connectivity index (χ0v) is 11.8. The highest BCUT2D eigenvalue weighted by molar-refractivity contribution is 6.38. The van der Waals surface area contributed by atoms with Gasteiger partial charge in [0.2, 0.25) is 5.91 Å². The highest BCUT2D eigenvalue weighted by Gasteiger charge is 2.29. The molecule has 1 fully saturated rings. The maximum atomic E-state index is 12.4. The van der Waals surface area contributed by atoms with Crippen LogP contribution in [0, 0.1) is 5.92 Å². The van der Waals surface area contributed by atoms with E-state index in [-0.39, 0.29) is 17.5 Å². The van der Waals surface area contributed by atoms with Crippen LogP contribution in [0.25, 0.3) is 0 Å². The summed E-state index contributed by atoms with van der Waals surface area (Å²) in [5, 5.41) is 14.1. The average molecular weight is 269 g/mol. The average Bonchev–Trinajstić information content (AvgIpc) is 2.43. The topological polar surface area (TPSA) is 82.0 Å².